The van der Waals surface area contributed by atoms with Gasteiger partial charge in [-0.2, -0.15) is 0 Å². The Hall–Kier alpha value is -2.33. The number of ketones is 1. The second-order valence-electron chi connectivity index (χ2n) is 10.8. The number of fused-ring (bicyclic) bond motifs is 1. The number of nitrogens with zero attached hydrogens (tertiary/aromatic N) is 2. The van der Waals surface area contributed by atoms with Crippen LogP contribution in [0.15, 0.2) is 24.3 Å². The lowest BCUT2D eigenvalue weighted by atomic mass is 9.88. The standard InChI is InChI=1S/C27H38N4O5/c1-35-15-14-30-12-8-19(9-13-30)18-4-6-20(7-5-18)25(33)29-27(10-2-3-11-27)26(34)31-16-21(28)24-23(31)22(32)17-36-24/h4-7,19,21,23-24H,2-3,8-17,28H2,1H3,(H,29,33)/t21-,23+,24+/m0/s1. The molecule has 3 aliphatic heterocycles. The highest BCUT2D eigenvalue weighted by atomic mass is 16.5. The van der Waals surface area contributed by atoms with E-state index in [9.17, 15) is 14.4 Å². The van der Waals surface area contributed by atoms with Gasteiger partial charge in [-0.25, -0.2) is 0 Å². The molecule has 196 valence electrons. The molecule has 36 heavy (non-hydrogen) atoms. The quantitative estimate of drug-likeness (QED) is 0.578. The van der Waals surface area contributed by atoms with Crippen molar-refractivity contribution in [2.75, 3.05) is 46.5 Å². The summed E-state index contributed by atoms with van der Waals surface area (Å²) >= 11 is 0. The van der Waals surface area contributed by atoms with E-state index in [1.54, 1.807) is 12.0 Å². The Bertz CT molecular complexity index is 969. The monoisotopic (exact) mass is 498 g/mol. The van der Waals surface area contributed by atoms with E-state index in [2.05, 4.69) is 10.2 Å². The number of amides is 2. The van der Waals surface area contributed by atoms with Crippen molar-refractivity contribution >= 4 is 17.6 Å². The third kappa shape index (κ3) is 4.81. The van der Waals surface area contributed by atoms with E-state index in [4.69, 9.17) is 15.2 Å². The van der Waals surface area contributed by atoms with Gasteiger partial charge in [-0.05, 0) is 62.4 Å². The van der Waals surface area contributed by atoms with Crippen LogP contribution in [-0.4, -0.2) is 97.6 Å². The summed E-state index contributed by atoms with van der Waals surface area (Å²) in [6.45, 7) is 4.09. The molecule has 1 aromatic rings. The van der Waals surface area contributed by atoms with Gasteiger partial charge in [-0.15, -0.1) is 0 Å². The minimum absolute atomic E-state index is 0.00922. The summed E-state index contributed by atoms with van der Waals surface area (Å²) in [5, 5.41) is 3.08. The number of likely N-dealkylation sites (tertiary alicyclic amines) is 2. The van der Waals surface area contributed by atoms with E-state index in [0.717, 1.165) is 51.9 Å². The highest BCUT2D eigenvalue weighted by Crippen LogP contribution is 2.36. The maximum absolute atomic E-state index is 13.8. The zero-order valence-corrected chi connectivity index (χ0v) is 21.1. The zero-order chi connectivity index (χ0) is 25.3. The first-order chi connectivity index (χ1) is 17.4. The van der Waals surface area contributed by atoms with Crippen molar-refractivity contribution < 1.29 is 23.9 Å². The normalized spacial score (nSPS) is 28.4. The van der Waals surface area contributed by atoms with Gasteiger partial charge in [0.2, 0.25) is 5.91 Å². The number of carbonyl (C=O) groups excluding carboxylic acids is 3. The van der Waals surface area contributed by atoms with Crippen LogP contribution >= 0.6 is 0 Å². The van der Waals surface area contributed by atoms with Crippen molar-refractivity contribution in [2.45, 2.75) is 68.2 Å². The average molecular weight is 499 g/mol. The van der Waals surface area contributed by atoms with Crippen LogP contribution in [-0.2, 0) is 19.1 Å². The first kappa shape index (κ1) is 25.3. The molecule has 3 saturated heterocycles. The molecule has 4 aliphatic rings. The second-order valence-corrected chi connectivity index (χ2v) is 10.8. The summed E-state index contributed by atoms with van der Waals surface area (Å²) in [6.07, 6.45) is 4.57. The van der Waals surface area contributed by atoms with Crippen molar-refractivity contribution in [1.82, 2.24) is 15.1 Å². The van der Waals surface area contributed by atoms with Crippen LogP contribution in [0.2, 0.25) is 0 Å². The van der Waals surface area contributed by atoms with Gasteiger partial charge in [0, 0.05) is 25.8 Å². The number of benzene rings is 1. The Labute approximate surface area is 212 Å². The number of rotatable bonds is 7. The molecule has 0 radical (unpaired) electrons. The Morgan fingerprint density at radius 1 is 1.17 bits per heavy atom. The van der Waals surface area contributed by atoms with Crippen molar-refractivity contribution in [3.63, 3.8) is 0 Å². The Balaban J connectivity index is 1.24. The van der Waals surface area contributed by atoms with E-state index in [1.807, 2.05) is 24.3 Å². The molecule has 2 amide bonds. The lowest BCUT2D eigenvalue weighted by molar-refractivity contribution is -0.142. The third-order valence-electron chi connectivity index (χ3n) is 8.55. The molecule has 0 aromatic heterocycles. The molecule has 1 aliphatic carbocycles. The van der Waals surface area contributed by atoms with Crippen LogP contribution in [0.25, 0.3) is 0 Å². The number of piperidine rings is 1. The number of hydrogen-bond acceptors (Lipinski definition) is 7. The van der Waals surface area contributed by atoms with Crippen molar-refractivity contribution in [2.24, 2.45) is 5.73 Å². The number of nitrogens with two attached hydrogens (primary N) is 1. The van der Waals surface area contributed by atoms with Gasteiger partial charge in [-0.3, -0.25) is 14.4 Å². The molecule has 9 nitrogen and oxygen atoms in total. The predicted molar refractivity (Wildman–Crippen MR) is 134 cm³/mol. The first-order valence-electron chi connectivity index (χ1n) is 13.3. The lowest BCUT2D eigenvalue weighted by Gasteiger charge is -2.35. The van der Waals surface area contributed by atoms with Crippen molar-refractivity contribution in [1.29, 1.82) is 0 Å². The van der Waals surface area contributed by atoms with Gasteiger partial charge in [0.15, 0.2) is 5.78 Å². The molecule has 0 unspecified atom stereocenters. The van der Waals surface area contributed by atoms with Gasteiger partial charge < -0.3 is 30.3 Å². The number of Topliss-reactive ketones (excluding diaryl/α,β-unsaturated/α-hetero) is 1. The van der Waals surface area contributed by atoms with Crippen LogP contribution in [0.1, 0.15) is 60.4 Å². The molecule has 3 atom stereocenters. The highest BCUT2D eigenvalue weighted by Gasteiger charge is 2.55. The first-order valence-corrected chi connectivity index (χ1v) is 13.3. The fraction of sp³-hybridized carbons (Fsp3) is 0.667. The van der Waals surface area contributed by atoms with Crippen LogP contribution in [0, 0.1) is 0 Å². The van der Waals surface area contributed by atoms with Gasteiger partial charge in [0.1, 0.15) is 24.3 Å². The Morgan fingerprint density at radius 2 is 1.86 bits per heavy atom. The minimum atomic E-state index is -0.998. The van der Waals surface area contributed by atoms with E-state index in [1.165, 1.54) is 5.56 Å². The van der Waals surface area contributed by atoms with Gasteiger partial charge >= 0.3 is 0 Å². The minimum Gasteiger partial charge on any atom is -0.383 e. The van der Waals surface area contributed by atoms with E-state index >= 15 is 0 Å². The number of ether oxygens (including phenoxy) is 2. The number of hydrogen-bond donors (Lipinski definition) is 2. The number of carbonyl (C=O) groups is 3. The second kappa shape index (κ2) is 10.6. The summed E-state index contributed by atoms with van der Waals surface area (Å²) in [4.78, 5) is 43.5. The van der Waals surface area contributed by atoms with Crippen molar-refractivity contribution in [3.05, 3.63) is 35.4 Å². The van der Waals surface area contributed by atoms with Crippen molar-refractivity contribution in [3.8, 4) is 0 Å². The van der Waals surface area contributed by atoms with Gasteiger partial charge in [0.25, 0.3) is 5.91 Å². The molecule has 5 rings (SSSR count). The molecule has 4 fully saturated rings. The van der Waals surface area contributed by atoms with Crippen LogP contribution < -0.4 is 11.1 Å². The van der Waals surface area contributed by atoms with Crippen LogP contribution in [0.5, 0.6) is 0 Å². The zero-order valence-electron chi connectivity index (χ0n) is 21.1. The molecule has 1 aromatic carbocycles. The molecular formula is C27H38N4O5. The third-order valence-corrected chi connectivity index (χ3v) is 8.55. The average Bonchev–Trinajstić information content (AvgIpc) is 3.61. The summed E-state index contributed by atoms with van der Waals surface area (Å²) in [6, 6.07) is 6.80. The Kier molecular flexibility index (Phi) is 7.44. The number of methoxy groups -OCH3 is 1. The fourth-order valence-electron chi connectivity index (χ4n) is 6.45. The van der Waals surface area contributed by atoms with Gasteiger partial charge in [0.05, 0.1) is 12.6 Å². The fourth-order valence-corrected chi connectivity index (χ4v) is 6.45. The SMILES string of the molecule is COCCN1CCC(c2ccc(C(=O)NC3(C(=O)N4C[C@H](N)[C@H]5OCC(=O)[C@H]54)CCCC3)cc2)CC1. The summed E-state index contributed by atoms with van der Waals surface area (Å²) in [5.74, 6) is -0.0738. The summed E-state index contributed by atoms with van der Waals surface area (Å²) in [5.41, 5.74) is 6.98. The summed E-state index contributed by atoms with van der Waals surface area (Å²) < 4.78 is 10.7. The molecule has 0 bridgehead atoms. The van der Waals surface area contributed by atoms with Gasteiger partial charge in [-0.1, -0.05) is 25.0 Å². The molecule has 9 heteroatoms. The van der Waals surface area contributed by atoms with E-state index < -0.39 is 17.7 Å². The molecular weight excluding hydrogens is 460 g/mol. The van der Waals surface area contributed by atoms with E-state index in [-0.39, 0.29) is 36.8 Å². The van der Waals surface area contributed by atoms with Crippen LogP contribution in [0.4, 0.5) is 0 Å². The maximum atomic E-state index is 13.8. The predicted octanol–water partition coefficient (Wildman–Crippen LogP) is 1.06. The topological polar surface area (TPSA) is 114 Å². The largest absolute Gasteiger partial charge is 0.383 e. The molecule has 0 spiro atoms. The molecule has 3 heterocycles. The maximum Gasteiger partial charge on any atom is 0.252 e. The lowest BCUT2D eigenvalue weighted by Crippen LogP contribution is -2.60. The molecule has 3 N–H and O–H groups in total. The number of nitrogens with one attached hydrogen (secondary N) is 1. The molecule has 1 saturated carbocycles. The Morgan fingerprint density at radius 3 is 2.53 bits per heavy atom. The van der Waals surface area contributed by atoms with Crippen LogP contribution in [0.3, 0.4) is 0 Å². The smallest absolute Gasteiger partial charge is 0.252 e. The summed E-state index contributed by atoms with van der Waals surface area (Å²) in [7, 11) is 1.73. The van der Waals surface area contributed by atoms with E-state index in [0.29, 0.717) is 24.3 Å². The highest BCUT2D eigenvalue weighted by molar-refractivity contribution is 6.01.